The van der Waals surface area contributed by atoms with Gasteiger partial charge in [0.2, 0.25) is 0 Å². The molecule has 1 fully saturated rings. The van der Waals surface area contributed by atoms with Crippen molar-refractivity contribution in [3.63, 3.8) is 0 Å². The van der Waals surface area contributed by atoms with Crippen LogP contribution in [0.3, 0.4) is 0 Å². The number of fused-ring (bicyclic) bond motifs is 3. The SMILES string of the molecule is O=C1OC2Sc3ccccc3C2/C1=C\O. The molecule has 0 saturated carbocycles. The van der Waals surface area contributed by atoms with Gasteiger partial charge in [0.1, 0.15) is 0 Å². The Kier molecular flexibility index (Phi) is 1.79. The van der Waals surface area contributed by atoms with Crippen LogP contribution in [0.5, 0.6) is 0 Å². The van der Waals surface area contributed by atoms with Crippen LogP contribution in [-0.2, 0) is 9.53 Å². The number of hydrogen-bond acceptors (Lipinski definition) is 4. The first-order chi connectivity index (χ1) is 7.31. The van der Waals surface area contributed by atoms with E-state index in [1.165, 1.54) is 11.8 Å². The molecule has 0 spiro atoms. The number of carbonyl (C=O) groups is 1. The third kappa shape index (κ3) is 1.11. The minimum Gasteiger partial charge on any atom is -0.515 e. The minimum absolute atomic E-state index is 0.108. The van der Waals surface area contributed by atoms with Crippen LogP contribution in [0.25, 0.3) is 0 Å². The van der Waals surface area contributed by atoms with Gasteiger partial charge in [0.25, 0.3) is 0 Å². The van der Waals surface area contributed by atoms with Gasteiger partial charge in [-0.25, -0.2) is 4.79 Å². The van der Waals surface area contributed by atoms with E-state index in [2.05, 4.69) is 0 Å². The summed E-state index contributed by atoms with van der Waals surface area (Å²) < 4.78 is 5.17. The van der Waals surface area contributed by atoms with E-state index in [-0.39, 0.29) is 11.4 Å². The predicted molar refractivity (Wildman–Crippen MR) is 55.6 cm³/mol. The monoisotopic (exact) mass is 220 g/mol. The smallest absolute Gasteiger partial charge is 0.339 e. The Bertz CT molecular complexity index is 467. The van der Waals surface area contributed by atoms with Crippen molar-refractivity contribution in [3.05, 3.63) is 41.7 Å². The molecule has 1 saturated heterocycles. The number of esters is 1. The number of benzene rings is 1. The standard InChI is InChI=1S/C11H8O3S/c12-5-7-9-6-3-1-2-4-8(6)15-11(9)14-10(7)13/h1-5,9,11-12H/b7-5+. The van der Waals surface area contributed by atoms with Gasteiger partial charge in [-0.05, 0) is 11.6 Å². The Morgan fingerprint density at radius 2 is 2.20 bits per heavy atom. The highest BCUT2D eigenvalue weighted by Gasteiger charge is 2.46. The Balaban J connectivity index is 2.13. The van der Waals surface area contributed by atoms with Crippen molar-refractivity contribution in [1.82, 2.24) is 0 Å². The maximum atomic E-state index is 11.4. The number of rotatable bonds is 0. The molecule has 1 aromatic rings. The summed E-state index contributed by atoms with van der Waals surface area (Å²) in [5, 5.41) is 9.04. The van der Waals surface area contributed by atoms with Crippen molar-refractivity contribution in [3.8, 4) is 0 Å². The van der Waals surface area contributed by atoms with Crippen molar-refractivity contribution in [2.24, 2.45) is 0 Å². The van der Waals surface area contributed by atoms with Gasteiger partial charge < -0.3 is 9.84 Å². The summed E-state index contributed by atoms with van der Waals surface area (Å²) in [6.07, 6.45) is 0.871. The number of carbonyl (C=O) groups excluding carboxylic acids is 1. The largest absolute Gasteiger partial charge is 0.515 e. The molecule has 76 valence electrons. The second kappa shape index (κ2) is 3.03. The second-order valence-electron chi connectivity index (χ2n) is 3.49. The van der Waals surface area contributed by atoms with E-state index in [4.69, 9.17) is 9.84 Å². The fraction of sp³-hybridized carbons (Fsp3) is 0.182. The van der Waals surface area contributed by atoms with Gasteiger partial charge in [-0.2, -0.15) is 0 Å². The summed E-state index contributed by atoms with van der Waals surface area (Å²) in [7, 11) is 0. The molecule has 2 aliphatic rings. The maximum absolute atomic E-state index is 11.4. The summed E-state index contributed by atoms with van der Waals surface area (Å²) in [6, 6.07) is 7.86. The summed E-state index contributed by atoms with van der Waals surface area (Å²) >= 11 is 1.53. The van der Waals surface area contributed by atoms with Gasteiger partial charge in [-0.1, -0.05) is 30.0 Å². The Morgan fingerprint density at radius 1 is 1.40 bits per heavy atom. The maximum Gasteiger partial charge on any atom is 0.339 e. The molecule has 0 bridgehead atoms. The van der Waals surface area contributed by atoms with Crippen LogP contribution in [0.1, 0.15) is 11.5 Å². The molecule has 2 heterocycles. The van der Waals surface area contributed by atoms with Crippen molar-refractivity contribution in [2.75, 3.05) is 0 Å². The van der Waals surface area contributed by atoms with Crippen molar-refractivity contribution >= 4 is 17.7 Å². The van der Waals surface area contributed by atoms with Gasteiger partial charge in [-0.15, -0.1) is 0 Å². The fourth-order valence-corrected chi connectivity index (χ4v) is 3.33. The number of ether oxygens (including phenoxy) is 1. The van der Waals surface area contributed by atoms with Crippen molar-refractivity contribution in [1.29, 1.82) is 0 Å². The molecule has 2 atom stereocenters. The molecule has 0 aromatic heterocycles. The first-order valence-electron chi connectivity index (χ1n) is 4.62. The molecular formula is C11H8O3S. The third-order valence-electron chi connectivity index (χ3n) is 2.70. The Hall–Kier alpha value is -1.42. The van der Waals surface area contributed by atoms with Gasteiger partial charge in [-0.3, -0.25) is 0 Å². The normalized spacial score (nSPS) is 30.1. The average Bonchev–Trinajstić information content (AvgIpc) is 2.72. The topological polar surface area (TPSA) is 46.5 Å². The lowest BCUT2D eigenvalue weighted by molar-refractivity contribution is -0.136. The molecule has 1 aromatic carbocycles. The Morgan fingerprint density at radius 3 is 3.00 bits per heavy atom. The number of thioether (sulfide) groups is 1. The van der Waals surface area contributed by atoms with Crippen molar-refractivity contribution < 1.29 is 14.6 Å². The van der Waals surface area contributed by atoms with Gasteiger partial charge in [0.05, 0.1) is 17.8 Å². The molecule has 2 unspecified atom stereocenters. The minimum atomic E-state index is -0.408. The van der Waals surface area contributed by atoms with Gasteiger partial charge >= 0.3 is 5.97 Å². The van der Waals surface area contributed by atoms with E-state index < -0.39 is 5.97 Å². The van der Waals surface area contributed by atoms with Crippen LogP contribution in [0, 0.1) is 0 Å². The van der Waals surface area contributed by atoms with Crippen LogP contribution in [0.4, 0.5) is 0 Å². The van der Waals surface area contributed by atoms with E-state index >= 15 is 0 Å². The van der Waals surface area contributed by atoms with Gasteiger partial charge in [0.15, 0.2) is 5.44 Å². The lowest BCUT2D eigenvalue weighted by Crippen LogP contribution is -2.03. The molecule has 0 radical (unpaired) electrons. The molecule has 0 aliphatic carbocycles. The molecule has 15 heavy (non-hydrogen) atoms. The average molecular weight is 220 g/mol. The quantitative estimate of drug-likeness (QED) is 0.413. The molecule has 3 nitrogen and oxygen atoms in total. The highest BCUT2D eigenvalue weighted by atomic mass is 32.2. The van der Waals surface area contributed by atoms with E-state index in [1.807, 2.05) is 24.3 Å². The van der Waals surface area contributed by atoms with Crippen molar-refractivity contribution in [2.45, 2.75) is 16.2 Å². The predicted octanol–water partition coefficient (Wildman–Crippen LogP) is 2.20. The molecule has 1 N–H and O–H groups in total. The zero-order valence-corrected chi connectivity index (χ0v) is 8.53. The summed E-state index contributed by atoms with van der Waals surface area (Å²) in [5.41, 5.74) is 1.23. The van der Waals surface area contributed by atoms with E-state index in [0.717, 1.165) is 16.7 Å². The fourth-order valence-electron chi connectivity index (χ4n) is 2.02. The van der Waals surface area contributed by atoms with Crippen LogP contribution in [-0.4, -0.2) is 16.5 Å². The number of aliphatic hydroxyl groups excluding tert-OH is 1. The molecule has 4 heteroatoms. The van der Waals surface area contributed by atoms with Crippen LogP contribution in [0.15, 0.2) is 41.0 Å². The zero-order valence-electron chi connectivity index (χ0n) is 7.71. The highest BCUT2D eigenvalue weighted by molar-refractivity contribution is 8.00. The first-order valence-corrected chi connectivity index (χ1v) is 5.50. The van der Waals surface area contributed by atoms with Crippen LogP contribution < -0.4 is 0 Å². The number of aliphatic hydroxyl groups is 1. The van der Waals surface area contributed by atoms with Crippen LogP contribution in [0.2, 0.25) is 0 Å². The lowest BCUT2D eigenvalue weighted by Gasteiger charge is -2.05. The second-order valence-corrected chi connectivity index (χ2v) is 4.63. The highest BCUT2D eigenvalue weighted by Crippen LogP contribution is 2.52. The number of hydrogen-bond donors (Lipinski definition) is 1. The molecule has 2 aliphatic heterocycles. The molecule has 0 amide bonds. The lowest BCUT2D eigenvalue weighted by atomic mass is 9.95. The van der Waals surface area contributed by atoms with Gasteiger partial charge in [0, 0.05) is 4.90 Å². The Labute approximate surface area is 90.7 Å². The first kappa shape index (κ1) is 8.85. The zero-order chi connectivity index (χ0) is 10.4. The summed E-state index contributed by atoms with van der Waals surface area (Å²) in [5.74, 6) is -0.516. The van der Waals surface area contributed by atoms with E-state index in [0.29, 0.717) is 5.57 Å². The molecular weight excluding hydrogens is 212 g/mol. The van der Waals surface area contributed by atoms with Crippen LogP contribution >= 0.6 is 11.8 Å². The third-order valence-corrected chi connectivity index (χ3v) is 3.93. The summed E-state index contributed by atoms with van der Waals surface area (Å²) in [4.78, 5) is 12.5. The van der Waals surface area contributed by atoms with E-state index in [9.17, 15) is 4.79 Å². The van der Waals surface area contributed by atoms with E-state index in [1.54, 1.807) is 0 Å². The molecule has 3 rings (SSSR count). The summed E-state index contributed by atoms with van der Waals surface area (Å²) in [6.45, 7) is 0.